The summed E-state index contributed by atoms with van der Waals surface area (Å²) in [6.07, 6.45) is 3.38. The van der Waals surface area contributed by atoms with E-state index in [0.717, 1.165) is 0 Å². The lowest BCUT2D eigenvalue weighted by Gasteiger charge is -2.19. The Kier molecular flexibility index (Phi) is 3.75. The monoisotopic (exact) mass is 245 g/mol. The molecule has 0 saturated carbocycles. The molecule has 1 rings (SSSR count). The summed E-state index contributed by atoms with van der Waals surface area (Å²) in [5.41, 5.74) is 5.49. The molecule has 0 atom stereocenters. The molecule has 0 aliphatic rings. The van der Waals surface area contributed by atoms with Crippen molar-refractivity contribution in [3.8, 4) is 0 Å². The molecule has 1 heterocycles. The van der Waals surface area contributed by atoms with Gasteiger partial charge in [-0.25, -0.2) is 13.4 Å². The van der Waals surface area contributed by atoms with Crippen LogP contribution in [0, 0.1) is 0 Å². The summed E-state index contributed by atoms with van der Waals surface area (Å²) in [6, 6.07) is 0. The second-order valence-corrected chi connectivity index (χ2v) is 7.53. The first-order valence-electron chi connectivity index (χ1n) is 5.20. The van der Waals surface area contributed by atoms with E-state index < -0.39 is 14.6 Å². The maximum Gasteiger partial charge on any atom is 0.156 e. The van der Waals surface area contributed by atoms with Crippen molar-refractivity contribution in [1.82, 2.24) is 9.55 Å². The van der Waals surface area contributed by atoms with Crippen molar-refractivity contribution in [2.24, 2.45) is 5.73 Å². The van der Waals surface area contributed by atoms with Crippen molar-refractivity contribution >= 4 is 9.84 Å². The molecular formula is C10H19N3O2S. The zero-order chi connectivity index (χ0) is 12.4. The highest BCUT2D eigenvalue weighted by Gasteiger charge is 2.28. The van der Waals surface area contributed by atoms with E-state index in [0.29, 0.717) is 18.9 Å². The van der Waals surface area contributed by atoms with Crippen molar-refractivity contribution in [3.05, 3.63) is 18.2 Å². The topological polar surface area (TPSA) is 78.0 Å². The maximum absolute atomic E-state index is 11.9. The van der Waals surface area contributed by atoms with E-state index in [4.69, 9.17) is 5.73 Å². The number of nitrogens with two attached hydrogens (primary N) is 1. The van der Waals surface area contributed by atoms with Gasteiger partial charge in [-0.2, -0.15) is 0 Å². The first-order chi connectivity index (χ1) is 7.28. The minimum atomic E-state index is -3.09. The van der Waals surface area contributed by atoms with Crippen LogP contribution in [0.5, 0.6) is 0 Å². The Morgan fingerprint density at radius 3 is 2.56 bits per heavy atom. The largest absolute Gasteiger partial charge is 0.333 e. The van der Waals surface area contributed by atoms with Crippen LogP contribution in [0.4, 0.5) is 0 Å². The lowest BCUT2D eigenvalue weighted by molar-refractivity contribution is 0.552. The molecule has 0 aliphatic heterocycles. The molecule has 0 radical (unpaired) electrons. The van der Waals surface area contributed by atoms with Gasteiger partial charge in [-0.05, 0) is 20.8 Å². The Balaban J connectivity index is 2.73. The highest BCUT2D eigenvalue weighted by Crippen LogP contribution is 2.16. The van der Waals surface area contributed by atoms with Gasteiger partial charge < -0.3 is 10.3 Å². The van der Waals surface area contributed by atoms with Crippen LogP contribution in [0.3, 0.4) is 0 Å². The molecule has 0 saturated heterocycles. The number of aromatic nitrogens is 2. The lowest BCUT2D eigenvalue weighted by Crippen LogP contribution is -2.32. The van der Waals surface area contributed by atoms with E-state index in [-0.39, 0.29) is 5.75 Å². The molecule has 0 spiro atoms. The minimum Gasteiger partial charge on any atom is -0.333 e. The molecule has 1 aromatic rings. The normalized spacial score (nSPS) is 13.0. The van der Waals surface area contributed by atoms with Gasteiger partial charge in [0.15, 0.2) is 9.84 Å². The summed E-state index contributed by atoms with van der Waals surface area (Å²) < 4.78 is 24.8. The van der Waals surface area contributed by atoms with Crippen LogP contribution < -0.4 is 5.73 Å². The number of imidazole rings is 1. The maximum atomic E-state index is 11.9. The van der Waals surface area contributed by atoms with Crippen molar-refractivity contribution in [2.75, 3.05) is 5.75 Å². The molecule has 0 aromatic carbocycles. The molecule has 6 heteroatoms. The molecule has 92 valence electrons. The van der Waals surface area contributed by atoms with Gasteiger partial charge in [0.25, 0.3) is 0 Å². The molecule has 0 unspecified atom stereocenters. The lowest BCUT2D eigenvalue weighted by atomic mass is 10.3. The number of hydrogen-bond donors (Lipinski definition) is 1. The summed E-state index contributed by atoms with van der Waals surface area (Å²) in [5, 5.41) is 0. The molecular weight excluding hydrogens is 226 g/mol. The number of sulfone groups is 1. The Hall–Kier alpha value is -0.880. The predicted molar refractivity (Wildman–Crippen MR) is 63.7 cm³/mol. The van der Waals surface area contributed by atoms with Crippen molar-refractivity contribution < 1.29 is 8.42 Å². The van der Waals surface area contributed by atoms with Crippen molar-refractivity contribution in [3.63, 3.8) is 0 Å². The van der Waals surface area contributed by atoms with Crippen LogP contribution in [0.15, 0.2) is 12.4 Å². The SMILES string of the molecule is CC(C)(C)S(=O)(=O)CCn1ccnc1CN. The number of aryl methyl sites for hydroxylation is 1. The molecule has 1 aromatic heterocycles. The Bertz CT molecular complexity index is 443. The fraction of sp³-hybridized carbons (Fsp3) is 0.700. The number of hydrogen-bond acceptors (Lipinski definition) is 4. The summed E-state index contributed by atoms with van der Waals surface area (Å²) in [4.78, 5) is 4.04. The van der Waals surface area contributed by atoms with Gasteiger partial charge in [0, 0.05) is 18.9 Å². The average molecular weight is 245 g/mol. The second kappa shape index (κ2) is 4.55. The van der Waals surface area contributed by atoms with E-state index in [2.05, 4.69) is 4.98 Å². The first-order valence-corrected chi connectivity index (χ1v) is 6.85. The molecule has 16 heavy (non-hydrogen) atoms. The molecule has 5 nitrogen and oxygen atoms in total. The zero-order valence-corrected chi connectivity index (χ0v) is 10.8. The number of nitrogens with zero attached hydrogens (tertiary/aromatic N) is 2. The summed E-state index contributed by atoms with van der Waals surface area (Å²) in [7, 11) is -3.09. The third-order valence-electron chi connectivity index (χ3n) is 2.52. The van der Waals surface area contributed by atoms with Crippen LogP contribution in [0.25, 0.3) is 0 Å². The van der Waals surface area contributed by atoms with Crippen LogP contribution in [-0.4, -0.2) is 28.5 Å². The fourth-order valence-corrected chi connectivity index (χ4v) is 2.31. The van der Waals surface area contributed by atoms with Crippen LogP contribution in [0.1, 0.15) is 26.6 Å². The average Bonchev–Trinajstić information content (AvgIpc) is 2.60. The Morgan fingerprint density at radius 2 is 2.06 bits per heavy atom. The summed E-state index contributed by atoms with van der Waals surface area (Å²) in [6.45, 7) is 5.86. The van der Waals surface area contributed by atoms with Crippen molar-refractivity contribution in [1.29, 1.82) is 0 Å². The van der Waals surface area contributed by atoms with Crippen LogP contribution >= 0.6 is 0 Å². The standard InChI is InChI=1S/C10H19N3O2S/c1-10(2,3)16(14,15)7-6-13-5-4-12-9(13)8-11/h4-5H,6-8,11H2,1-3H3. The van der Waals surface area contributed by atoms with Gasteiger partial charge in [0.2, 0.25) is 0 Å². The van der Waals surface area contributed by atoms with Gasteiger partial charge in [0.1, 0.15) is 5.82 Å². The molecule has 0 bridgehead atoms. The summed E-state index contributed by atoms with van der Waals surface area (Å²) in [5.74, 6) is 0.823. The summed E-state index contributed by atoms with van der Waals surface area (Å²) >= 11 is 0. The zero-order valence-electron chi connectivity index (χ0n) is 9.97. The fourth-order valence-electron chi connectivity index (χ4n) is 1.26. The van der Waals surface area contributed by atoms with E-state index in [1.807, 2.05) is 0 Å². The highest BCUT2D eigenvalue weighted by atomic mass is 32.2. The second-order valence-electron chi connectivity index (χ2n) is 4.67. The van der Waals surface area contributed by atoms with Gasteiger partial charge in [0.05, 0.1) is 17.0 Å². The minimum absolute atomic E-state index is 0.111. The third kappa shape index (κ3) is 2.82. The number of rotatable bonds is 4. The van der Waals surface area contributed by atoms with Gasteiger partial charge in [-0.3, -0.25) is 0 Å². The van der Waals surface area contributed by atoms with Gasteiger partial charge in [-0.15, -0.1) is 0 Å². The predicted octanol–water partition coefficient (Wildman–Crippen LogP) is 0.555. The van der Waals surface area contributed by atoms with Crippen molar-refractivity contribution in [2.45, 2.75) is 38.6 Å². The molecule has 0 amide bonds. The first kappa shape index (κ1) is 13.2. The Morgan fingerprint density at radius 1 is 1.44 bits per heavy atom. The van der Waals surface area contributed by atoms with E-state index >= 15 is 0 Å². The quantitative estimate of drug-likeness (QED) is 0.840. The molecule has 0 aliphatic carbocycles. The molecule has 0 fully saturated rings. The Labute approximate surface area is 96.6 Å². The highest BCUT2D eigenvalue weighted by molar-refractivity contribution is 7.92. The third-order valence-corrected chi connectivity index (χ3v) is 5.10. The van der Waals surface area contributed by atoms with Gasteiger partial charge >= 0.3 is 0 Å². The van der Waals surface area contributed by atoms with E-state index in [1.54, 1.807) is 37.7 Å². The van der Waals surface area contributed by atoms with Crippen LogP contribution in [-0.2, 0) is 22.9 Å². The smallest absolute Gasteiger partial charge is 0.156 e. The van der Waals surface area contributed by atoms with Crippen LogP contribution in [0.2, 0.25) is 0 Å². The molecule has 2 N–H and O–H groups in total. The van der Waals surface area contributed by atoms with E-state index in [9.17, 15) is 8.42 Å². The van der Waals surface area contributed by atoms with Gasteiger partial charge in [-0.1, -0.05) is 0 Å². The van der Waals surface area contributed by atoms with E-state index in [1.165, 1.54) is 0 Å².